The Balaban J connectivity index is 4.15. The average molecular weight is 218 g/mol. The van der Waals surface area contributed by atoms with E-state index < -0.39 is 29.4 Å². The van der Waals surface area contributed by atoms with E-state index in [1.54, 1.807) is 0 Å². The van der Waals surface area contributed by atoms with Gasteiger partial charge >= 0.3 is 5.97 Å². The topological polar surface area (TPSA) is 113 Å². The second-order valence-electron chi connectivity index (χ2n) is 4.47. The Morgan fingerprint density at radius 1 is 1.33 bits per heavy atom. The average Bonchev–Trinajstić information content (AvgIpc) is 1.95. The standard InChI is InChI=1S/C9H18N2O4/c1-8(2,10)7(14)11-5-9(3,15)4-6(12)13/h15H,4-5,10H2,1-3H3,(H,11,14)(H,12,13). The van der Waals surface area contributed by atoms with Crippen molar-refractivity contribution in [1.82, 2.24) is 5.32 Å². The molecule has 5 N–H and O–H groups in total. The van der Waals surface area contributed by atoms with E-state index in [9.17, 15) is 14.7 Å². The number of carboxylic acid groups (broad SMARTS) is 1. The van der Waals surface area contributed by atoms with Gasteiger partial charge in [-0.3, -0.25) is 9.59 Å². The molecular formula is C9H18N2O4. The Kier molecular flexibility index (Phi) is 4.24. The van der Waals surface area contributed by atoms with Crippen molar-refractivity contribution in [2.45, 2.75) is 38.3 Å². The molecule has 0 bridgehead atoms. The highest BCUT2D eigenvalue weighted by Crippen LogP contribution is 2.08. The van der Waals surface area contributed by atoms with Crippen LogP contribution < -0.4 is 11.1 Å². The first-order chi connectivity index (χ1) is 6.54. The van der Waals surface area contributed by atoms with Crippen LogP contribution in [-0.2, 0) is 9.59 Å². The van der Waals surface area contributed by atoms with E-state index in [4.69, 9.17) is 10.8 Å². The molecule has 6 nitrogen and oxygen atoms in total. The maximum atomic E-state index is 11.3. The highest BCUT2D eigenvalue weighted by molar-refractivity contribution is 5.85. The third-order valence-corrected chi connectivity index (χ3v) is 1.75. The van der Waals surface area contributed by atoms with Gasteiger partial charge in [-0.15, -0.1) is 0 Å². The van der Waals surface area contributed by atoms with Gasteiger partial charge in [0.2, 0.25) is 5.91 Å². The lowest BCUT2D eigenvalue weighted by Gasteiger charge is -2.24. The molecule has 0 aromatic heterocycles. The number of carbonyl (C=O) groups excluding carboxylic acids is 1. The molecule has 0 fully saturated rings. The van der Waals surface area contributed by atoms with Gasteiger partial charge < -0.3 is 21.3 Å². The molecule has 0 aromatic carbocycles. The van der Waals surface area contributed by atoms with Gasteiger partial charge in [-0.1, -0.05) is 0 Å². The first kappa shape index (κ1) is 13.9. The fraction of sp³-hybridized carbons (Fsp3) is 0.778. The zero-order valence-corrected chi connectivity index (χ0v) is 9.20. The molecule has 15 heavy (non-hydrogen) atoms. The van der Waals surface area contributed by atoms with Gasteiger partial charge in [-0.25, -0.2) is 0 Å². The van der Waals surface area contributed by atoms with Gasteiger partial charge in [0.05, 0.1) is 17.6 Å². The highest BCUT2D eigenvalue weighted by Gasteiger charge is 2.28. The molecule has 0 rings (SSSR count). The highest BCUT2D eigenvalue weighted by atomic mass is 16.4. The van der Waals surface area contributed by atoms with Gasteiger partial charge in [0.15, 0.2) is 0 Å². The van der Waals surface area contributed by atoms with E-state index in [-0.39, 0.29) is 6.54 Å². The van der Waals surface area contributed by atoms with Crippen LogP contribution in [0.4, 0.5) is 0 Å². The summed E-state index contributed by atoms with van der Waals surface area (Å²) in [6.45, 7) is 4.24. The summed E-state index contributed by atoms with van der Waals surface area (Å²) in [5.74, 6) is -1.56. The first-order valence-corrected chi connectivity index (χ1v) is 4.56. The summed E-state index contributed by atoms with van der Waals surface area (Å²) < 4.78 is 0. The first-order valence-electron chi connectivity index (χ1n) is 4.56. The number of nitrogens with one attached hydrogen (secondary N) is 1. The fourth-order valence-corrected chi connectivity index (χ4v) is 0.887. The predicted octanol–water partition coefficient (Wildman–Crippen LogP) is -0.934. The summed E-state index contributed by atoms with van der Waals surface area (Å²) in [7, 11) is 0. The monoisotopic (exact) mass is 218 g/mol. The second kappa shape index (κ2) is 4.59. The van der Waals surface area contributed by atoms with Crippen molar-refractivity contribution < 1.29 is 19.8 Å². The number of aliphatic carboxylic acids is 1. The molecule has 0 heterocycles. The number of hydrogen-bond acceptors (Lipinski definition) is 4. The van der Waals surface area contributed by atoms with Crippen molar-refractivity contribution in [1.29, 1.82) is 0 Å². The van der Waals surface area contributed by atoms with Crippen molar-refractivity contribution in [2.75, 3.05) is 6.54 Å². The molecule has 1 amide bonds. The van der Waals surface area contributed by atoms with Gasteiger partial charge in [-0.2, -0.15) is 0 Å². The van der Waals surface area contributed by atoms with Gasteiger partial charge in [0.25, 0.3) is 0 Å². The van der Waals surface area contributed by atoms with E-state index in [0.717, 1.165) is 0 Å². The minimum atomic E-state index is -1.47. The van der Waals surface area contributed by atoms with Gasteiger partial charge in [0, 0.05) is 6.54 Å². The molecule has 0 aliphatic heterocycles. The molecule has 0 aliphatic carbocycles. The zero-order valence-electron chi connectivity index (χ0n) is 9.20. The lowest BCUT2D eigenvalue weighted by molar-refractivity contribution is -0.142. The zero-order chi connectivity index (χ0) is 12.3. The van der Waals surface area contributed by atoms with Crippen molar-refractivity contribution >= 4 is 11.9 Å². The van der Waals surface area contributed by atoms with Crippen LogP contribution in [0.25, 0.3) is 0 Å². The van der Waals surface area contributed by atoms with Crippen LogP contribution in [0.1, 0.15) is 27.2 Å². The number of carboxylic acids is 1. The maximum Gasteiger partial charge on any atom is 0.306 e. The second-order valence-corrected chi connectivity index (χ2v) is 4.47. The van der Waals surface area contributed by atoms with Crippen LogP contribution in [0.5, 0.6) is 0 Å². The molecule has 0 aromatic rings. The third-order valence-electron chi connectivity index (χ3n) is 1.75. The molecule has 1 atom stereocenters. The molecule has 1 unspecified atom stereocenters. The van der Waals surface area contributed by atoms with E-state index >= 15 is 0 Å². The quantitative estimate of drug-likeness (QED) is 0.476. The number of hydrogen-bond donors (Lipinski definition) is 4. The summed E-state index contributed by atoms with van der Waals surface area (Å²) in [4.78, 5) is 21.7. The number of amides is 1. The summed E-state index contributed by atoms with van der Waals surface area (Å²) in [6.07, 6.45) is -0.432. The van der Waals surface area contributed by atoms with E-state index in [0.29, 0.717) is 0 Å². The minimum absolute atomic E-state index is 0.140. The summed E-state index contributed by atoms with van der Waals surface area (Å²) in [5, 5.41) is 20.4. The lowest BCUT2D eigenvalue weighted by atomic mass is 10.0. The summed E-state index contributed by atoms with van der Waals surface area (Å²) >= 11 is 0. The van der Waals surface area contributed by atoms with Crippen molar-refractivity contribution in [3.63, 3.8) is 0 Å². The fourth-order valence-electron chi connectivity index (χ4n) is 0.887. The Bertz CT molecular complexity index is 255. The molecule has 0 aliphatic rings. The number of carbonyl (C=O) groups is 2. The van der Waals surface area contributed by atoms with Crippen molar-refractivity contribution in [2.24, 2.45) is 5.73 Å². The molecular weight excluding hydrogens is 200 g/mol. The van der Waals surface area contributed by atoms with Gasteiger partial charge in [-0.05, 0) is 20.8 Å². The van der Waals surface area contributed by atoms with Crippen LogP contribution in [0.2, 0.25) is 0 Å². The van der Waals surface area contributed by atoms with E-state index in [2.05, 4.69) is 5.32 Å². The largest absolute Gasteiger partial charge is 0.481 e. The van der Waals surface area contributed by atoms with Gasteiger partial charge in [0.1, 0.15) is 0 Å². The normalized spacial score (nSPS) is 15.5. The molecule has 88 valence electrons. The van der Waals surface area contributed by atoms with Crippen LogP contribution in [0.3, 0.4) is 0 Å². The number of rotatable bonds is 5. The van der Waals surface area contributed by atoms with E-state index in [1.165, 1.54) is 20.8 Å². The number of aliphatic hydroxyl groups is 1. The smallest absolute Gasteiger partial charge is 0.306 e. The van der Waals surface area contributed by atoms with Crippen molar-refractivity contribution in [3.8, 4) is 0 Å². The third kappa shape index (κ3) is 6.03. The number of nitrogens with two attached hydrogens (primary N) is 1. The van der Waals surface area contributed by atoms with Crippen LogP contribution in [0, 0.1) is 0 Å². The molecule has 0 saturated heterocycles. The van der Waals surface area contributed by atoms with E-state index in [1.807, 2.05) is 0 Å². The Hall–Kier alpha value is -1.14. The molecule has 0 saturated carbocycles. The SMILES string of the molecule is CC(O)(CNC(=O)C(C)(C)N)CC(=O)O. The Morgan fingerprint density at radius 3 is 2.13 bits per heavy atom. The van der Waals surface area contributed by atoms with Crippen LogP contribution >= 0.6 is 0 Å². The van der Waals surface area contributed by atoms with Crippen molar-refractivity contribution in [3.05, 3.63) is 0 Å². The maximum absolute atomic E-state index is 11.3. The van der Waals surface area contributed by atoms with Crippen LogP contribution in [0.15, 0.2) is 0 Å². The Morgan fingerprint density at radius 2 is 1.80 bits per heavy atom. The molecule has 6 heteroatoms. The summed E-state index contributed by atoms with van der Waals surface area (Å²) in [5.41, 5.74) is 2.99. The molecule has 0 spiro atoms. The van der Waals surface area contributed by atoms with Crippen LogP contribution in [-0.4, -0.2) is 39.8 Å². The Labute approximate surface area is 88.5 Å². The summed E-state index contributed by atoms with van der Waals surface area (Å²) in [6, 6.07) is 0. The minimum Gasteiger partial charge on any atom is -0.481 e. The predicted molar refractivity (Wildman–Crippen MR) is 54.2 cm³/mol. The lowest BCUT2D eigenvalue weighted by Crippen LogP contribution is -2.53. The molecule has 0 radical (unpaired) electrons.